The molecule has 0 bridgehead atoms. The second kappa shape index (κ2) is 9.52. The molecule has 1 heterocycles. The third-order valence-electron chi connectivity index (χ3n) is 2.65. The Morgan fingerprint density at radius 3 is 2.37 bits per heavy atom. The first kappa shape index (κ1) is 17.6. The van der Waals surface area contributed by atoms with Gasteiger partial charge in [0.25, 0.3) is 11.8 Å². The molecule has 0 radical (unpaired) electrons. The summed E-state index contributed by atoms with van der Waals surface area (Å²) in [5.41, 5.74) is 5.26. The molecule has 0 unspecified atom stereocenters. The lowest BCUT2D eigenvalue weighted by Crippen LogP contribution is -2.31. The molecule has 0 aromatic rings. The number of hydrogen-bond donors (Lipinski definition) is 2. The Balaban J connectivity index is 0.00000324. The van der Waals surface area contributed by atoms with Gasteiger partial charge in [-0.05, 0) is 12.8 Å². The summed E-state index contributed by atoms with van der Waals surface area (Å²) in [4.78, 5) is 34.9. The van der Waals surface area contributed by atoms with E-state index in [9.17, 15) is 14.4 Å². The van der Waals surface area contributed by atoms with Crippen LogP contribution in [0.3, 0.4) is 0 Å². The molecule has 6 nitrogen and oxygen atoms in total. The Labute approximate surface area is 118 Å². The molecule has 0 saturated carbocycles. The molecule has 3 N–H and O–H groups in total. The number of nitrogens with one attached hydrogen (secondary N) is 1. The summed E-state index contributed by atoms with van der Waals surface area (Å²) in [5.74, 6) is -0.503. The fourth-order valence-electron chi connectivity index (χ4n) is 1.68. The molecule has 0 aromatic heterocycles. The summed E-state index contributed by atoms with van der Waals surface area (Å²) in [7, 11) is 0. The molecule has 1 aliphatic rings. The zero-order valence-corrected chi connectivity index (χ0v) is 11.6. The molecule has 108 valence electrons. The molecular formula is C12H20ClN3O3. The minimum atomic E-state index is -0.249. The Morgan fingerprint density at radius 2 is 1.79 bits per heavy atom. The maximum Gasteiger partial charge on any atom is 0.253 e. The number of carbonyl (C=O) groups excluding carboxylic acids is 3. The molecule has 0 spiro atoms. The van der Waals surface area contributed by atoms with E-state index in [0.717, 1.165) is 19.3 Å². The number of hydrogen-bond acceptors (Lipinski definition) is 4. The molecule has 1 rings (SSSR count). The summed E-state index contributed by atoms with van der Waals surface area (Å²) < 4.78 is 0. The zero-order valence-electron chi connectivity index (χ0n) is 10.8. The number of unbranched alkanes of at least 4 members (excludes halogenated alkanes) is 2. The SMILES string of the molecule is Cl.NCCNC(=O)CCCCCN1C(=O)C=CC1=O. The Morgan fingerprint density at radius 1 is 1.16 bits per heavy atom. The highest BCUT2D eigenvalue weighted by Gasteiger charge is 2.22. The monoisotopic (exact) mass is 289 g/mol. The van der Waals surface area contributed by atoms with Crippen LogP contribution in [0.25, 0.3) is 0 Å². The van der Waals surface area contributed by atoms with Gasteiger partial charge in [-0.3, -0.25) is 19.3 Å². The first-order valence-corrected chi connectivity index (χ1v) is 6.15. The van der Waals surface area contributed by atoms with Crippen LogP contribution < -0.4 is 11.1 Å². The van der Waals surface area contributed by atoms with Crippen LogP contribution in [0.2, 0.25) is 0 Å². The molecule has 0 saturated heterocycles. The largest absolute Gasteiger partial charge is 0.355 e. The summed E-state index contributed by atoms with van der Waals surface area (Å²) in [6.45, 7) is 1.37. The van der Waals surface area contributed by atoms with Crippen molar-refractivity contribution in [2.24, 2.45) is 5.73 Å². The predicted octanol–water partition coefficient (Wildman–Crippen LogP) is -0.0315. The van der Waals surface area contributed by atoms with Crippen molar-refractivity contribution in [3.05, 3.63) is 12.2 Å². The zero-order chi connectivity index (χ0) is 13.4. The number of nitrogens with two attached hydrogens (primary N) is 1. The van der Waals surface area contributed by atoms with Crippen LogP contribution in [0.4, 0.5) is 0 Å². The number of halogens is 1. The number of imide groups is 1. The fourth-order valence-corrected chi connectivity index (χ4v) is 1.68. The number of carbonyl (C=O) groups is 3. The van der Waals surface area contributed by atoms with E-state index in [1.807, 2.05) is 0 Å². The van der Waals surface area contributed by atoms with Crippen LogP contribution in [-0.2, 0) is 14.4 Å². The molecule has 3 amide bonds. The quantitative estimate of drug-likeness (QED) is 0.485. The van der Waals surface area contributed by atoms with Gasteiger partial charge in [-0.15, -0.1) is 12.4 Å². The van der Waals surface area contributed by atoms with Crippen molar-refractivity contribution in [1.82, 2.24) is 10.2 Å². The Kier molecular flexibility index (Phi) is 8.82. The van der Waals surface area contributed by atoms with E-state index in [4.69, 9.17) is 5.73 Å². The number of nitrogens with zero attached hydrogens (tertiary/aromatic N) is 1. The van der Waals surface area contributed by atoms with Crippen LogP contribution in [0.1, 0.15) is 25.7 Å². The van der Waals surface area contributed by atoms with Crippen molar-refractivity contribution in [3.8, 4) is 0 Å². The smallest absolute Gasteiger partial charge is 0.253 e. The maximum atomic E-state index is 11.2. The first-order valence-electron chi connectivity index (χ1n) is 6.15. The van der Waals surface area contributed by atoms with Crippen molar-refractivity contribution in [2.45, 2.75) is 25.7 Å². The average molecular weight is 290 g/mol. The highest BCUT2D eigenvalue weighted by molar-refractivity contribution is 6.12. The highest BCUT2D eigenvalue weighted by atomic mass is 35.5. The van der Waals surface area contributed by atoms with Crippen LogP contribution in [0, 0.1) is 0 Å². The van der Waals surface area contributed by atoms with Crippen molar-refractivity contribution in [2.75, 3.05) is 19.6 Å². The summed E-state index contributed by atoms with van der Waals surface area (Å²) in [6, 6.07) is 0. The van der Waals surface area contributed by atoms with E-state index < -0.39 is 0 Å². The molecule has 1 aliphatic heterocycles. The summed E-state index contributed by atoms with van der Waals surface area (Å²) in [6.07, 6.45) is 5.31. The summed E-state index contributed by atoms with van der Waals surface area (Å²) in [5, 5.41) is 2.69. The second-order valence-corrected chi connectivity index (χ2v) is 4.11. The highest BCUT2D eigenvalue weighted by Crippen LogP contribution is 2.07. The van der Waals surface area contributed by atoms with Crippen molar-refractivity contribution < 1.29 is 14.4 Å². The third-order valence-corrected chi connectivity index (χ3v) is 2.65. The van der Waals surface area contributed by atoms with E-state index >= 15 is 0 Å². The van der Waals surface area contributed by atoms with Crippen LogP contribution >= 0.6 is 12.4 Å². The van der Waals surface area contributed by atoms with Gasteiger partial charge >= 0.3 is 0 Å². The van der Waals surface area contributed by atoms with Crippen molar-refractivity contribution in [3.63, 3.8) is 0 Å². The molecular weight excluding hydrogens is 270 g/mol. The van der Waals surface area contributed by atoms with Crippen LogP contribution in [0.15, 0.2) is 12.2 Å². The minimum Gasteiger partial charge on any atom is -0.355 e. The van der Waals surface area contributed by atoms with Gasteiger partial charge in [0.2, 0.25) is 5.91 Å². The lowest BCUT2D eigenvalue weighted by atomic mass is 10.2. The van der Waals surface area contributed by atoms with Gasteiger partial charge < -0.3 is 11.1 Å². The van der Waals surface area contributed by atoms with Crippen LogP contribution in [0.5, 0.6) is 0 Å². The third kappa shape index (κ3) is 6.35. The standard InChI is InChI=1S/C12H19N3O3.ClH/c13-7-8-14-10(16)4-2-1-3-9-15-11(17)5-6-12(15)18;/h5-6H,1-4,7-9,13H2,(H,14,16);1H. The van der Waals surface area contributed by atoms with Gasteiger partial charge in [0.05, 0.1) is 0 Å². The second-order valence-electron chi connectivity index (χ2n) is 4.11. The molecule has 0 aliphatic carbocycles. The van der Waals surface area contributed by atoms with E-state index in [1.54, 1.807) is 0 Å². The Hall–Kier alpha value is -1.40. The first-order chi connectivity index (χ1) is 8.65. The van der Waals surface area contributed by atoms with Gasteiger partial charge in [0, 0.05) is 38.2 Å². The predicted molar refractivity (Wildman–Crippen MR) is 73.6 cm³/mol. The minimum absolute atomic E-state index is 0. The normalized spacial score (nSPS) is 13.6. The summed E-state index contributed by atoms with van der Waals surface area (Å²) >= 11 is 0. The van der Waals surface area contributed by atoms with Crippen molar-refractivity contribution >= 4 is 30.1 Å². The number of amides is 3. The lowest BCUT2D eigenvalue weighted by molar-refractivity contribution is -0.136. The molecule has 7 heteroatoms. The number of rotatable bonds is 8. The Bertz CT molecular complexity index is 340. The van der Waals surface area contributed by atoms with E-state index in [0.29, 0.717) is 26.1 Å². The van der Waals surface area contributed by atoms with Crippen LogP contribution in [-0.4, -0.2) is 42.3 Å². The van der Waals surface area contributed by atoms with Gasteiger partial charge in [-0.25, -0.2) is 0 Å². The molecule has 0 aromatic carbocycles. The fraction of sp³-hybridized carbons (Fsp3) is 0.583. The average Bonchev–Trinajstić information content (AvgIpc) is 2.67. The lowest BCUT2D eigenvalue weighted by Gasteiger charge is -2.12. The maximum absolute atomic E-state index is 11.2. The van der Waals surface area contributed by atoms with Gasteiger partial charge in [0.1, 0.15) is 0 Å². The van der Waals surface area contributed by atoms with E-state index in [1.165, 1.54) is 17.1 Å². The topological polar surface area (TPSA) is 92.5 Å². The van der Waals surface area contributed by atoms with Crippen molar-refractivity contribution in [1.29, 1.82) is 0 Å². The van der Waals surface area contributed by atoms with Gasteiger partial charge in [-0.1, -0.05) is 6.42 Å². The van der Waals surface area contributed by atoms with E-state index in [-0.39, 0.29) is 30.1 Å². The molecule has 19 heavy (non-hydrogen) atoms. The molecule has 0 atom stereocenters. The van der Waals surface area contributed by atoms with Gasteiger partial charge in [-0.2, -0.15) is 0 Å². The molecule has 0 fully saturated rings. The van der Waals surface area contributed by atoms with E-state index in [2.05, 4.69) is 5.32 Å². The van der Waals surface area contributed by atoms with Gasteiger partial charge in [0.15, 0.2) is 0 Å².